The van der Waals surface area contributed by atoms with Crippen LogP contribution in [0.15, 0.2) is 106 Å². The molecule has 121 heavy (non-hydrogen) atoms. The van der Waals surface area contributed by atoms with Gasteiger partial charge in [0, 0.05) is 81.0 Å². The third kappa shape index (κ3) is 18.6. The number of urea groups is 2. The number of aromatic nitrogens is 22. The molecule has 11 aromatic heterocycles. The number of H-pyrrole nitrogens is 3. The summed E-state index contributed by atoms with van der Waals surface area (Å²) in [5.41, 5.74) is 39.6. The fourth-order valence-corrected chi connectivity index (χ4v) is 13.6. The van der Waals surface area contributed by atoms with Gasteiger partial charge in [0.1, 0.15) is 133 Å². The number of hydrogen-bond donors (Lipinski definition) is 9. The molecule has 0 spiro atoms. The van der Waals surface area contributed by atoms with E-state index in [1.807, 2.05) is 7.05 Å². The van der Waals surface area contributed by atoms with E-state index >= 15 is 8.78 Å². The molecule has 15 N–H and O–H groups in total. The normalized spacial score (nSPS) is 13.4. The highest BCUT2D eigenvalue weighted by atomic mass is 79.9. The molecule has 13 heterocycles. The largest absolute Gasteiger partial charge is 0.554 e. The molecule has 17 rings (SSSR count). The lowest BCUT2D eigenvalue weighted by atomic mass is 10.1. The van der Waals surface area contributed by atoms with Crippen LogP contribution in [0.3, 0.4) is 0 Å². The van der Waals surface area contributed by atoms with Crippen LogP contribution in [-0.2, 0) is 25.9 Å². The van der Waals surface area contributed by atoms with Gasteiger partial charge >= 0.3 is 17.9 Å². The number of nitrogens with zero attached hydrogens (tertiary/aromatic N) is 26. The number of carbonyl (C=O) groups excluding carboxylic acids is 2. The number of hydrogen-bond acceptors (Lipinski definition) is 25. The summed E-state index contributed by atoms with van der Waals surface area (Å²) in [5, 5.41) is 35.2. The summed E-state index contributed by atoms with van der Waals surface area (Å²) in [4.78, 5) is 81.4. The standard InChI is InChI=1S/2C23H20F3N7O.C7H8BrN5.C6H6BrN5.C6H7N5.C6H6N2O.C4H4N4/c2*1-11-28-21(27)19-20(30-32(3)22(19)29-11)15-7-5-13(9-17(15)26)33-10-18(31(2)23(33)34)14-6-4-12(24)8-16(14)25;1-3-10-6(9)4-5(8)12-13(2)7(4)11-3;1-2-9-5(8)3-4(7)11-12-6(3)10-2;1-3-9-5(7)4-2-8-11-6(4)10-3;1-4-9-5-6(7-2)8-3;1-6-3-2-7-8-4(3)5/h2*4-9,18H,10H2,1-3H3,(H2,27,28,29);1-2H3,(H2,9,10,11);1H3,(H3,8,9,10,11,12);2H,1H3,(H3,7,8,9,10,11);5H,4H2,1H3;2H,(H3,5,7,8). The van der Waals surface area contributed by atoms with E-state index in [2.05, 4.69) is 147 Å². The first-order valence-corrected chi connectivity index (χ1v) is 37.1. The van der Waals surface area contributed by atoms with Crippen molar-refractivity contribution in [3.8, 4) is 22.5 Å². The number of nitrogens with two attached hydrogens (primary N) is 6. The summed E-state index contributed by atoms with van der Waals surface area (Å²) in [6.07, 6.45) is 4.17. The molecule has 620 valence electrons. The zero-order valence-electron chi connectivity index (χ0n) is 65.8. The van der Waals surface area contributed by atoms with Crippen molar-refractivity contribution in [3.05, 3.63) is 216 Å². The molecular weight excluding hydrogens is 1710 g/mol. The number of rotatable bonds is 8. The number of likely N-dealkylation sites (N-methyl/N-ethyl adjacent to an activating group) is 2. The minimum absolute atomic E-state index is 0.0307. The second kappa shape index (κ2) is 36.5. The zero-order chi connectivity index (χ0) is 87.9. The van der Waals surface area contributed by atoms with E-state index < -0.39 is 59.0 Å². The molecule has 38 nitrogen and oxygen atoms in total. The number of fused-ring (bicyclic) bond motifs is 5. The van der Waals surface area contributed by atoms with Crippen molar-refractivity contribution >= 4 is 151 Å². The summed E-state index contributed by atoms with van der Waals surface area (Å²) in [5.74, 6) is 0.792. The topological polar surface area (TPSA) is 494 Å². The number of benzene rings is 4. The van der Waals surface area contributed by atoms with Gasteiger partial charge in [-0.15, -0.1) is 0 Å². The van der Waals surface area contributed by atoms with Crippen LogP contribution in [0.4, 0.5) is 87.9 Å². The molecule has 46 heteroatoms. The zero-order valence-corrected chi connectivity index (χ0v) is 68.9. The van der Waals surface area contributed by atoms with Crippen LogP contribution >= 0.6 is 31.9 Å². The van der Waals surface area contributed by atoms with Crippen molar-refractivity contribution in [2.45, 2.75) is 53.6 Å². The van der Waals surface area contributed by atoms with Crippen LogP contribution in [-0.4, -0.2) is 165 Å². The number of amides is 4. The van der Waals surface area contributed by atoms with Crippen molar-refractivity contribution in [3.63, 3.8) is 0 Å². The number of nitrogen functional groups attached to an aromatic ring is 6. The third-order valence-corrected chi connectivity index (χ3v) is 19.3. The quantitative estimate of drug-likeness (QED) is 0.0387. The van der Waals surface area contributed by atoms with Gasteiger partial charge in [-0.1, -0.05) is 12.1 Å². The molecule has 0 bridgehead atoms. The van der Waals surface area contributed by atoms with E-state index in [-0.39, 0.29) is 64.2 Å². The number of ether oxygens (including phenoxy) is 1. The Hall–Kier alpha value is -15.3. The number of aryl methyl sites for hydroxylation is 8. The minimum Gasteiger partial charge on any atom is -0.505 e. The molecular formula is C75H71Br2F6N35O3. The number of anilines is 8. The number of aromatic amines is 3. The predicted octanol–water partition coefficient (Wildman–Crippen LogP) is 12.4. The van der Waals surface area contributed by atoms with Gasteiger partial charge in [0.2, 0.25) is 5.69 Å². The van der Waals surface area contributed by atoms with E-state index in [0.717, 1.165) is 50.7 Å². The van der Waals surface area contributed by atoms with E-state index in [0.29, 0.717) is 114 Å². The lowest BCUT2D eigenvalue weighted by molar-refractivity contribution is 0.218. The van der Waals surface area contributed by atoms with Gasteiger partial charge in [0.05, 0.1) is 77.7 Å². The first-order chi connectivity index (χ1) is 57.5. The lowest BCUT2D eigenvalue weighted by Crippen LogP contribution is -2.29. The second-order valence-electron chi connectivity index (χ2n) is 26.2. The molecule has 2 fully saturated rings. The van der Waals surface area contributed by atoms with Crippen LogP contribution in [0.1, 0.15) is 59.3 Å². The summed E-state index contributed by atoms with van der Waals surface area (Å²) in [7, 11) is 8.21. The average molecular weight is 1780 g/mol. The Morgan fingerprint density at radius 1 is 0.521 bits per heavy atom. The fraction of sp³-hybridized carbons (Fsp3) is 0.213. The molecule has 0 radical (unpaired) electrons. The third-order valence-electron chi connectivity index (χ3n) is 18.1. The van der Waals surface area contributed by atoms with Crippen LogP contribution in [0, 0.1) is 89.2 Å². The van der Waals surface area contributed by atoms with Gasteiger partial charge in [-0.05, 0) is 122 Å². The van der Waals surface area contributed by atoms with Crippen LogP contribution in [0.25, 0.3) is 92.2 Å². The monoisotopic (exact) mass is 1780 g/mol. The van der Waals surface area contributed by atoms with Gasteiger partial charge in [0.25, 0.3) is 0 Å². The summed E-state index contributed by atoms with van der Waals surface area (Å²) in [6.45, 7) is 30.5. The smallest absolute Gasteiger partial charge is 0.505 e. The molecule has 15 aromatic rings. The first-order valence-electron chi connectivity index (χ1n) is 35.5. The van der Waals surface area contributed by atoms with Gasteiger partial charge in [0.15, 0.2) is 34.5 Å². The Labute approximate surface area is 698 Å². The lowest BCUT2D eigenvalue weighted by Gasteiger charge is -2.18. The maximum absolute atomic E-state index is 15.3. The Bertz CT molecular complexity index is 6430. The fourth-order valence-electron chi connectivity index (χ4n) is 12.5. The van der Waals surface area contributed by atoms with Crippen LogP contribution < -0.4 is 44.2 Å². The number of carbonyl (C=O) groups is 2. The van der Waals surface area contributed by atoms with E-state index in [9.17, 15) is 27.2 Å². The summed E-state index contributed by atoms with van der Waals surface area (Å²) < 4.78 is 96.7. The van der Waals surface area contributed by atoms with Crippen molar-refractivity contribution in [1.29, 1.82) is 0 Å². The van der Waals surface area contributed by atoms with Gasteiger partial charge in [-0.2, -0.15) is 40.3 Å². The van der Waals surface area contributed by atoms with E-state index in [1.54, 1.807) is 78.6 Å². The Balaban J connectivity index is 0.000000150. The molecule has 4 amide bonds. The second-order valence-corrected chi connectivity index (χ2v) is 27.8. The molecule has 2 saturated heterocycles. The van der Waals surface area contributed by atoms with Gasteiger partial charge < -0.3 is 48.9 Å². The van der Waals surface area contributed by atoms with Crippen molar-refractivity contribution in [2.75, 3.05) is 78.0 Å². The van der Waals surface area contributed by atoms with E-state index in [4.69, 9.17) is 54.1 Å². The molecule has 2 aliphatic rings. The highest BCUT2D eigenvalue weighted by Crippen LogP contribution is 2.40. The molecule has 4 aromatic carbocycles. The van der Waals surface area contributed by atoms with Crippen molar-refractivity contribution < 1.29 is 40.7 Å². The molecule has 2 atom stereocenters. The maximum atomic E-state index is 15.3. The van der Waals surface area contributed by atoms with Gasteiger partial charge in [-0.3, -0.25) is 25.1 Å². The van der Waals surface area contributed by atoms with Crippen molar-refractivity contribution in [2.24, 2.45) is 21.1 Å². The molecule has 2 aliphatic heterocycles. The average Bonchev–Trinajstić information content (AvgIpc) is 1.60. The number of nitrogens with one attached hydrogen (secondary N) is 3. The minimum atomic E-state index is -0.745. The molecule has 0 saturated carbocycles. The Morgan fingerprint density at radius 3 is 1.38 bits per heavy atom. The summed E-state index contributed by atoms with van der Waals surface area (Å²) >= 11 is 6.57. The van der Waals surface area contributed by atoms with Crippen LogP contribution in [0.5, 0.6) is 0 Å². The Kier molecular flexibility index (Phi) is 26.1. The van der Waals surface area contributed by atoms with Crippen molar-refractivity contribution in [1.82, 2.24) is 120 Å². The van der Waals surface area contributed by atoms with Crippen LogP contribution in [0.2, 0.25) is 0 Å². The predicted molar refractivity (Wildman–Crippen MR) is 446 cm³/mol. The summed E-state index contributed by atoms with van der Waals surface area (Å²) in [6, 6.07) is 12.9. The molecule has 2 unspecified atom stereocenters. The maximum Gasteiger partial charge on any atom is 0.554 e. The first kappa shape index (κ1) is 86.6. The Morgan fingerprint density at radius 2 is 0.950 bits per heavy atom. The molecule has 0 aliphatic carbocycles. The van der Waals surface area contributed by atoms with Gasteiger partial charge in [-0.25, -0.2) is 105 Å². The highest BCUT2D eigenvalue weighted by Gasteiger charge is 2.40. The SMILES string of the molecule is Cc1nc(N)c2c(-c3ccc(N4CC(c5ccc(F)cc5F)N(C)C4=O)cc3F)nn(C)c2n1.Cc1nc(N)c2c(-c3ccc(N4CC(c5ccc(F)cc5F)N(C)C4=O)cc3F)nn(C)c2n1.Cc1nc(N)c2c(Br)[nH]nc2n1.Cc1nc(N)c2c(Br)nn(C)c2n1.Cc1nc(N)c2cn[nH]c2n1.[C-]#[N+]C(=COCC)[N+]#[C-].[C-]#[N+]c1cn[nH]c1N. The highest BCUT2D eigenvalue weighted by molar-refractivity contribution is 9.10. The number of halogens is 8. The van der Waals surface area contributed by atoms with E-state index in [1.165, 1.54) is 91.9 Å².